The van der Waals surface area contributed by atoms with Gasteiger partial charge in [-0.3, -0.25) is 4.79 Å². The fourth-order valence-corrected chi connectivity index (χ4v) is 2.90. The van der Waals surface area contributed by atoms with E-state index in [1.165, 1.54) is 12.3 Å². The second-order valence-corrected chi connectivity index (χ2v) is 7.02. The number of hydrogen-bond donors (Lipinski definition) is 2. The molecule has 0 atom stereocenters. The van der Waals surface area contributed by atoms with Crippen molar-refractivity contribution in [1.82, 2.24) is 10.3 Å². The van der Waals surface area contributed by atoms with Gasteiger partial charge < -0.3 is 10.6 Å². The Morgan fingerprint density at radius 1 is 1.22 bits per heavy atom. The summed E-state index contributed by atoms with van der Waals surface area (Å²) in [5.74, 6) is 0.169. The first kappa shape index (κ1) is 17.0. The Hall–Kier alpha value is -2.41. The summed E-state index contributed by atoms with van der Waals surface area (Å²) in [7, 11) is -3.36. The van der Waals surface area contributed by atoms with Gasteiger partial charge in [0.25, 0.3) is 5.91 Å². The van der Waals surface area contributed by atoms with Gasteiger partial charge in [0.2, 0.25) is 0 Å². The number of anilines is 1. The minimum absolute atomic E-state index is 0.135. The van der Waals surface area contributed by atoms with Crippen molar-refractivity contribution in [2.24, 2.45) is 0 Å². The Kier molecular flexibility index (Phi) is 5.33. The van der Waals surface area contributed by atoms with Crippen LogP contribution in [0.1, 0.15) is 22.8 Å². The molecule has 1 heterocycles. The lowest BCUT2D eigenvalue weighted by Crippen LogP contribution is -2.22. The summed E-state index contributed by atoms with van der Waals surface area (Å²) in [6, 6.07) is 10.2. The summed E-state index contributed by atoms with van der Waals surface area (Å²) in [5.41, 5.74) is 1.43. The van der Waals surface area contributed by atoms with Crippen LogP contribution in [0.4, 0.5) is 5.82 Å². The molecule has 0 radical (unpaired) electrons. The second-order valence-electron chi connectivity index (χ2n) is 5.04. The Balaban J connectivity index is 2.16. The van der Waals surface area contributed by atoms with E-state index in [2.05, 4.69) is 15.6 Å². The van der Waals surface area contributed by atoms with Crippen molar-refractivity contribution in [2.45, 2.75) is 18.4 Å². The third kappa shape index (κ3) is 4.53. The van der Waals surface area contributed by atoms with Gasteiger partial charge >= 0.3 is 0 Å². The molecule has 0 saturated heterocycles. The summed E-state index contributed by atoms with van der Waals surface area (Å²) >= 11 is 0. The summed E-state index contributed by atoms with van der Waals surface area (Å²) in [5, 5.41) is 5.75. The van der Waals surface area contributed by atoms with Crippen LogP contribution in [-0.2, 0) is 16.4 Å². The topological polar surface area (TPSA) is 88.2 Å². The molecule has 0 aliphatic heterocycles. The molecule has 122 valence electrons. The summed E-state index contributed by atoms with van der Waals surface area (Å²) in [6.07, 6.45) is 2.67. The lowest BCUT2D eigenvalue weighted by atomic mass is 10.1. The smallest absolute Gasteiger partial charge is 0.251 e. The molecular weight excluding hydrogens is 314 g/mol. The molecule has 0 unspecified atom stereocenters. The highest BCUT2D eigenvalue weighted by atomic mass is 32.2. The predicted octanol–water partition coefficient (Wildman–Crippen LogP) is 1.85. The molecule has 0 bridgehead atoms. The first-order valence-corrected chi connectivity index (χ1v) is 9.07. The maximum Gasteiger partial charge on any atom is 0.251 e. The van der Waals surface area contributed by atoms with Gasteiger partial charge in [0.1, 0.15) is 10.7 Å². The van der Waals surface area contributed by atoms with Crippen LogP contribution in [0.2, 0.25) is 0 Å². The normalized spacial score (nSPS) is 11.0. The fourth-order valence-electron chi connectivity index (χ4n) is 2.09. The first-order valence-electron chi connectivity index (χ1n) is 7.18. The van der Waals surface area contributed by atoms with E-state index in [1.807, 2.05) is 13.0 Å². The van der Waals surface area contributed by atoms with Crippen molar-refractivity contribution in [3.8, 4) is 0 Å². The van der Waals surface area contributed by atoms with E-state index < -0.39 is 9.84 Å². The maximum absolute atomic E-state index is 11.8. The van der Waals surface area contributed by atoms with Gasteiger partial charge in [0.05, 0.1) is 0 Å². The van der Waals surface area contributed by atoms with Crippen LogP contribution < -0.4 is 10.6 Å². The van der Waals surface area contributed by atoms with E-state index in [-0.39, 0.29) is 10.8 Å². The summed E-state index contributed by atoms with van der Waals surface area (Å²) in [4.78, 5) is 16.1. The SMILES string of the molecule is CCNC(=O)c1cccc(CNc2ncccc2S(C)(=O)=O)c1. The largest absolute Gasteiger partial charge is 0.365 e. The number of aromatic nitrogens is 1. The number of pyridine rings is 1. The molecule has 2 N–H and O–H groups in total. The van der Waals surface area contributed by atoms with Crippen LogP contribution in [-0.4, -0.2) is 32.1 Å². The number of carbonyl (C=O) groups is 1. The fraction of sp³-hybridized carbons (Fsp3) is 0.250. The zero-order chi connectivity index (χ0) is 16.9. The quantitative estimate of drug-likeness (QED) is 0.842. The monoisotopic (exact) mass is 333 g/mol. The van der Waals surface area contributed by atoms with Crippen LogP contribution in [0.5, 0.6) is 0 Å². The molecular formula is C16H19N3O3S. The molecule has 1 aromatic heterocycles. The molecule has 2 aromatic rings. The average Bonchev–Trinajstić information content (AvgIpc) is 2.53. The van der Waals surface area contributed by atoms with Crippen LogP contribution >= 0.6 is 0 Å². The number of benzene rings is 1. The average molecular weight is 333 g/mol. The highest BCUT2D eigenvalue weighted by molar-refractivity contribution is 7.90. The maximum atomic E-state index is 11.8. The van der Waals surface area contributed by atoms with E-state index in [0.717, 1.165) is 11.8 Å². The molecule has 0 aliphatic carbocycles. The van der Waals surface area contributed by atoms with Crippen LogP contribution in [0, 0.1) is 0 Å². The summed E-state index contributed by atoms with van der Waals surface area (Å²) < 4.78 is 23.5. The van der Waals surface area contributed by atoms with Crippen molar-refractivity contribution in [3.05, 3.63) is 53.7 Å². The van der Waals surface area contributed by atoms with E-state index in [9.17, 15) is 13.2 Å². The van der Waals surface area contributed by atoms with Gasteiger partial charge in [0, 0.05) is 31.1 Å². The highest BCUT2D eigenvalue weighted by Crippen LogP contribution is 2.18. The van der Waals surface area contributed by atoms with E-state index >= 15 is 0 Å². The van der Waals surface area contributed by atoms with Crippen LogP contribution in [0.25, 0.3) is 0 Å². The third-order valence-corrected chi connectivity index (χ3v) is 4.29. The number of carbonyl (C=O) groups excluding carboxylic acids is 1. The van der Waals surface area contributed by atoms with Crippen molar-refractivity contribution in [2.75, 3.05) is 18.1 Å². The van der Waals surface area contributed by atoms with Gasteiger partial charge in [-0.25, -0.2) is 13.4 Å². The van der Waals surface area contributed by atoms with Crippen molar-refractivity contribution >= 4 is 21.6 Å². The highest BCUT2D eigenvalue weighted by Gasteiger charge is 2.13. The molecule has 0 aliphatic rings. The molecule has 7 heteroatoms. The van der Waals surface area contributed by atoms with Gasteiger partial charge in [-0.1, -0.05) is 12.1 Å². The standard InChI is InChI=1S/C16H19N3O3S/c1-3-17-16(20)13-7-4-6-12(10-13)11-19-15-14(23(2,21)22)8-5-9-18-15/h4-10H,3,11H2,1-2H3,(H,17,20)(H,18,19). The van der Waals surface area contributed by atoms with Crippen LogP contribution in [0.15, 0.2) is 47.5 Å². The number of sulfone groups is 1. The first-order chi connectivity index (χ1) is 10.9. The number of hydrogen-bond acceptors (Lipinski definition) is 5. The van der Waals surface area contributed by atoms with Crippen molar-refractivity contribution < 1.29 is 13.2 Å². The van der Waals surface area contributed by atoms with Crippen molar-refractivity contribution in [1.29, 1.82) is 0 Å². The zero-order valence-corrected chi connectivity index (χ0v) is 13.9. The number of amides is 1. The van der Waals surface area contributed by atoms with Gasteiger partial charge in [0.15, 0.2) is 9.84 Å². The number of nitrogens with one attached hydrogen (secondary N) is 2. The van der Waals surface area contributed by atoms with Gasteiger partial charge in [-0.15, -0.1) is 0 Å². The molecule has 2 rings (SSSR count). The Morgan fingerprint density at radius 2 is 2.00 bits per heavy atom. The lowest BCUT2D eigenvalue weighted by Gasteiger charge is -2.10. The zero-order valence-electron chi connectivity index (χ0n) is 13.0. The third-order valence-electron chi connectivity index (χ3n) is 3.16. The number of nitrogens with zero attached hydrogens (tertiary/aromatic N) is 1. The van der Waals surface area contributed by atoms with Crippen molar-refractivity contribution in [3.63, 3.8) is 0 Å². The Labute approximate surface area is 135 Å². The second kappa shape index (κ2) is 7.23. The Morgan fingerprint density at radius 3 is 2.70 bits per heavy atom. The minimum Gasteiger partial charge on any atom is -0.365 e. The number of rotatable bonds is 6. The molecule has 6 nitrogen and oxygen atoms in total. The molecule has 1 amide bonds. The lowest BCUT2D eigenvalue weighted by molar-refractivity contribution is 0.0955. The molecule has 0 fully saturated rings. The molecule has 0 spiro atoms. The van der Waals surface area contributed by atoms with Gasteiger partial charge in [-0.05, 0) is 36.8 Å². The van der Waals surface area contributed by atoms with E-state index in [0.29, 0.717) is 24.5 Å². The van der Waals surface area contributed by atoms with E-state index in [1.54, 1.807) is 24.3 Å². The molecule has 0 saturated carbocycles. The minimum atomic E-state index is -3.36. The molecule has 1 aromatic carbocycles. The van der Waals surface area contributed by atoms with Crippen LogP contribution in [0.3, 0.4) is 0 Å². The van der Waals surface area contributed by atoms with E-state index in [4.69, 9.17) is 0 Å². The Bertz CT molecular complexity index is 804. The summed E-state index contributed by atoms with van der Waals surface area (Å²) in [6.45, 7) is 2.79. The molecule has 23 heavy (non-hydrogen) atoms. The predicted molar refractivity (Wildman–Crippen MR) is 89.1 cm³/mol. The van der Waals surface area contributed by atoms with Gasteiger partial charge in [-0.2, -0.15) is 0 Å².